The molecule has 6 rings (SSSR count). The van der Waals surface area contributed by atoms with Gasteiger partial charge >= 0.3 is 12.1 Å². The number of likely N-dealkylation sites (tertiary alicyclic amines) is 1. The molecule has 0 radical (unpaired) electrons. The first-order valence-electron chi connectivity index (χ1n) is 16.1. The van der Waals surface area contributed by atoms with Crippen molar-refractivity contribution in [3.05, 3.63) is 59.8 Å². The van der Waals surface area contributed by atoms with Crippen molar-refractivity contribution >= 4 is 34.6 Å². The van der Waals surface area contributed by atoms with Gasteiger partial charge in [-0.15, -0.1) is 0 Å². The Bertz CT molecular complexity index is 1470. The summed E-state index contributed by atoms with van der Waals surface area (Å²) in [6.45, 7) is 10.2. The van der Waals surface area contributed by atoms with E-state index in [4.69, 9.17) is 0 Å². The molecule has 3 aliphatic rings. The summed E-state index contributed by atoms with van der Waals surface area (Å²) in [5, 5.41) is 12.9. The number of urea groups is 2. The van der Waals surface area contributed by atoms with E-state index in [1.54, 1.807) is 16.4 Å². The number of quaternary nitrogens is 1. The number of amides is 5. The highest BCUT2D eigenvalue weighted by Crippen LogP contribution is 2.24. The third kappa shape index (κ3) is 6.73. The van der Waals surface area contributed by atoms with Crippen molar-refractivity contribution in [2.75, 3.05) is 45.8 Å². The normalized spacial score (nSPS) is 19.6. The molecule has 5 amide bonds. The van der Waals surface area contributed by atoms with Gasteiger partial charge in [-0.05, 0) is 42.5 Å². The molecule has 2 fully saturated rings. The zero-order valence-electron chi connectivity index (χ0n) is 25.9. The van der Waals surface area contributed by atoms with Crippen molar-refractivity contribution in [3.63, 3.8) is 0 Å². The van der Waals surface area contributed by atoms with Crippen LogP contribution in [0.25, 0.3) is 10.9 Å². The van der Waals surface area contributed by atoms with Crippen LogP contribution in [0.15, 0.2) is 48.7 Å². The second kappa shape index (κ2) is 13.4. The number of H-pyrrole nitrogens is 1. The topological polar surface area (TPSA) is 121 Å². The van der Waals surface area contributed by atoms with Crippen molar-refractivity contribution in [2.45, 2.75) is 58.2 Å². The summed E-state index contributed by atoms with van der Waals surface area (Å²) in [7, 11) is 0. The number of rotatable bonds is 8. The second-order valence-electron chi connectivity index (χ2n) is 12.7. The SMILES string of the molecule is CCC(C)CN1CCN(C(=O)C(Cc2ccc3[nH]ncc3c2)NC(=O)N2CCC(N3Cc4ccccc4[NH2+]C3=O)CC2)CC1. The summed E-state index contributed by atoms with van der Waals surface area (Å²) in [6.07, 6.45) is 4.75. The lowest BCUT2D eigenvalue weighted by Gasteiger charge is -2.40. The van der Waals surface area contributed by atoms with E-state index in [2.05, 4.69) is 40.3 Å². The molecule has 4 heterocycles. The lowest BCUT2D eigenvalue weighted by molar-refractivity contribution is -0.480. The summed E-state index contributed by atoms with van der Waals surface area (Å²) in [4.78, 5) is 48.5. The van der Waals surface area contributed by atoms with Gasteiger partial charge in [0.25, 0.3) is 0 Å². The van der Waals surface area contributed by atoms with Crippen LogP contribution < -0.4 is 10.6 Å². The molecule has 0 bridgehead atoms. The zero-order chi connectivity index (χ0) is 30.6. The van der Waals surface area contributed by atoms with E-state index in [0.717, 1.165) is 53.8 Å². The zero-order valence-corrected chi connectivity index (χ0v) is 25.9. The number of hydrogen-bond donors (Lipinski definition) is 3. The van der Waals surface area contributed by atoms with Crippen molar-refractivity contribution in [1.82, 2.24) is 35.1 Å². The van der Waals surface area contributed by atoms with Crippen molar-refractivity contribution in [3.8, 4) is 0 Å². The van der Waals surface area contributed by atoms with Gasteiger partial charge in [-0.2, -0.15) is 5.10 Å². The van der Waals surface area contributed by atoms with Crippen LogP contribution in [0.1, 0.15) is 44.2 Å². The fourth-order valence-electron chi connectivity index (χ4n) is 6.72. The van der Waals surface area contributed by atoms with Gasteiger partial charge in [-0.25, -0.2) is 14.9 Å². The molecule has 0 saturated carbocycles. The van der Waals surface area contributed by atoms with Gasteiger partial charge in [0.1, 0.15) is 11.7 Å². The van der Waals surface area contributed by atoms with E-state index in [0.29, 0.717) is 57.9 Å². The van der Waals surface area contributed by atoms with Crippen LogP contribution in [0, 0.1) is 5.92 Å². The van der Waals surface area contributed by atoms with E-state index in [-0.39, 0.29) is 24.0 Å². The first-order chi connectivity index (χ1) is 21.4. The minimum absolute atomic E-state index is 0.0307. The molecule has 2 saturated heterocycles. The van der Waals surface area contributed by atoms with Crippen molar-refractivity contribution in [2.24, 2.45) is 5.92 Å². The second-order valence-corrected chi connectivity index (χ2v) is 12.7. The highest BCUT2D eigenvalue weighted by molar-refractivity contribution is 5.88. The van der Waals surface area contributed by atoms with Gasteiger partial charge in [0, 0.05) is 69.2 Å². The Morgan fingerprint density at radius 1 is 1.05 bits per heavy atom. The summed E-state index contributed by atoms with van der Waals surface area (Å²) in [6, 6.07) is 13.2. The number of piperidine rings is 1. The third-order valence-electron chi connectivity index (χ3n) is 9.64. The number of nitrogens with two attached hydrogens (primary N) is 1. The molecule has 2 unspecified atom stereocenters. The third-order valence-corrected chi connectivity index (χ3v) is 9.64. The number of hydrogen-bond acceptors (Lipinski definition) is 5. The quantitative estimate of drug-likeness (QED) is 0.343. The molecule has 1 aromatic heterocycles. The van der Waals surface area contributed by atoms with Gasteiger partial charge in [0.05, 0.1) is 18.3 Å². The lowest BCUT2D eigenvalue weighted by Crippen LogP contribution is -2.88. The van der Waals surface area contributed by atoms with Gasteiger partial charge in [-0.1, -0.05) is 44.5 Å². The molecule has 2 atom stereocenters. The fraction of sp³-hybridized carbons (Fsp3) is 0.515. The molecule has 4 N–H and O–H groups in total. The molecular formula is C33H45N8O3+. The number of nitrogens with zero attached hydrogens (tertiary/aromatic N) is 5. The van der Waals surface area contributed by atoms with Crippen LogP contribution in [0.2, 0.25) is 0 Å². The number of benzene rings is 2. The van der Waals surface area contributed by atoms with E-state index in [1.165, 1.54) is 0 Å². The molecule has 11 nitrogen and oxygen atoms in total. The fourth-order valence-corrected chi connectivity index (χ4v) is 6.72. The Morgan fingerprint density at radius 3 is 2.59 bits per heavy atom. The Labute approximate surface area is 258 Å². The standard InChI is InChI=1S/C33H44N8O3/c1-3-23(2)21-38-14-16-39(17-15-38)31(42)30(19-24-8-9-29-26(18-24)20-34-37-29)36-32(43)40-12-10-27(11-13-40)41-22-25-6-4-5-7-28(25)35-33(41)44/h4-9,18,20,23,27,30H,3,10-17,19,21-22H2,1-2H3,(H,34,37)(H,35,44)(H,36,43)/p+1. The van der Waals surface area contributed by atoms with Crippen molar-refractivity contribution < 1.29 is 19.7 Å². The van der Waals surface area contributed by atoms with E-state index >= 15 is 0 Å². The maximum absolute atomic E-state index is 13.9. The minimum atomic E-state index is -0.666. The Kier molecular flexibility index (Phi) is 9.13. The summed E-state index contributed by atoms with van der Waals surface area (Å²) < 4.78 is 0. The minimum Gasteiger partial charge on any atom is -0.338 e. The van der Waals surface area contributed by atoms with Gasteiger partial charge in [0.2, 0.25) is 5.91 Å². The lowest BCUT2D eigenvalue weighted by atomic mass is 10.0. The van der Waals surface area contributed by atoms with Crippen LogP contribution >= 0.6 is 0 Å². The number of fused-ring (bicyclic) bond motifs is 2. The number of carbonyl (C=O) groups is 3. The highest BCUT2D eigenvalue weighted by atomic mass is 16.2. The molecule has 3 aromatic rings. The smallest absolute Gasteiger partial charge is 0.338 e. The van der Waals surface area contributed by atoms with Gasteiger partial charge in [0.15, 0.2) is 0 Å². The number of piperazine rings is 1. The monoisotopic (exact) mass is 601 g/mol. The van der Waals surface area contributed by atoms with Crippen LogP contribution in [0.5, 0.6) is 0 Å². The highest BCUT2D eigenvalue weighted by Gasteiger charge is 2.36. The number of carbonyl (C=O) groups excluding carboxylic acids is 3. The first kappa shape index (κ1) is 30.1. The predicted octanol–water partition coefficient (Wildman–Crippen LogP) is 2.67. The average molecular weight is 602 g/mol. The Morgan fingerprint density at radius 2 is 1.82 bits per heavy atom. The summed E-state index contributed by atoms with van der Waals surface area (Å²) in [5.74, 6) is 0.602. The summed E-state index contributed by atoms with van der Waals surface area (Å²) in [5.41, 5.74) is 4.06. The molecule has 0 spiro atoms. The van der Waals surface area contributed by atoms with Crippen LogP contribution in [-0.2, 0) is 17.8 Å². The Hall–Kier alpha value is -3.96. The Balaban J connectivity index is 1.09. The number of para-hydroxylation sites is 1. The number of aromatic amines is 1. The molecule has 2 aromatic carbocycles. The van der Waals surface area contributed by atoms with Crippen LogP contribution in [-0.4, -0.2) is 106 Å². The van der Waals surface area contributed by atoms with Crippen LogP contribution in [0.4, 0.5) is 15.3 Å². The molecule has 234 valence electrons. The molecular weight excluding hydrogens is 556 g/mol. The van der Waals surface area contributed by atoms with E-state index < -0.39 is 6.04 Å². The van der Waals surface area contributed by atoms with Crippen molar-refractivity contribution in [1.29, 1.82) is 0 Å². The maximum atomic E-state index is 13.9. The maximum Gasteiger partial charge on any atom is 0.421 e. The first-order valence-corrected chi connectivity index (χ1v) is 16.1. The largest absolute Gasteiger partial charge is 0.421 e. The molecule has 11 heteroatoms. The molecule has 3 aliphatic heterocycles. The van der Waals surface area contributed by atoms with E-state index in [9.17, 15) is 14.4 Å². The van der Waals surface area contributed by atoms with E-state index in [1.807, 2.05) is 46.2 Å². The summed E-state index contributed by atoms with van der Waals surface area (Å²) >= 11 is 0. The average Bonchev–Trinajstić information content (AvgIpc) is 3.52. The number of aromatic nitrogens is 2. The van der Waals surface area contributed by atoms with Gasteiger partial charge < -0.3 is 15.1 Å². The molecule has 0 aliphatic carbocycles. The predicted molar refractivity (Wildman–Crippen MR) is 168 cm³/mol. The van der Waals surface area contributed by atoms with Crippen LogP contribution in [0.3, 0.4) is 0 Å². The molecule has 44 heavy (non-hydrogen) atoms. The van der Waals surface area contributed by atoms with Gasteiger partial charge in [-0.3, -0.25) is 19.7 Å². The number of primary amides is 1. The number of nitrogens with one attached hydrogen (secondary N) is 2.